The lowest BCUT2D eigenvalue weighted by molar-refractivity contribution is 0.442. The third-order valence-corrected chi connectivity index (χ3v) is 3.62. The molecule has 1 atom stereocenters. The molecule has 1 aromatic rings. The van der Waals surface area contributed by atoms with Crippen molar-refractivity contribution < 1.29 is 0 Å². The predicted molar refractivity (Wildman–Crippen MR) is 62.0 cm³/mol. The summed E-state index contributed by atoms with van der Waals surface area (Å²) < 4.78 is 2.30. The molecule has 1 unspecified atom stereocenters. The van der Waals surface area contributed by atoms with Gasteiger partial charge in [-0.05, 0) is 35.9 Å². The Kier molecular flexibility index (Phi) is 2.92. The first-order chi connectivity index (χ1) is 6.29. The number of fused-ring (bicyclic) bond motifs is 1. The minimum atomic E-state index is 1.08. The standard InChI is InChI=1S/C10H14NPS/c1-13-10-3-2-8-4-5-11(12)7-9(8)6-10/h2-3,6H,4-5,7,12H2,1H3. The summed E-state index contributed by atoms with van der Waals surface area (Å²) in [6, 6.07) is 6.82. The smallest absolute Gasteiger partial charge is 0.0270 e. The van der Waals surface area contributed by atoms with Gasteiger partial charge in [0.1, 0.15) is 0 Å². The SMILES string of the molecule is CSc1ccc2c(c1)CN(P)CC2. The minimum Gasteiger partial charge on any atom is -0.283 e. The molecular weight excluding hydrogens is 197 g/mol. The molecule has 0 aliphatic carbocycles. The highest BCUT2D eigenvalue weighted by Crippen LogP contribution is 2.25. The maximum atomic E-state index is 2.79. The highest BCUT2D eigenvalue weighted by atomic mass is 32.2. The summed E-state index contributed by atoms with van der Waals surface area (Å²) in [6.07, 6.45) is 3.32. The molecular formula is C10H14NPS. The van der Waals surface area contributed by atoms with E-state index in [1.807, 2.05) is 11.8 Å². The van der Waals surface area contributed by atoms with Crippen LogP contribution in [0.3, 0.4) is 0 Å². The molecule has 0 saturated carbocycles. The van der Waals surface area contributed by atoms with Gasteiger partial charge in [0.15, 0.2) is 0 Å². The van der Waals surface area contributed by atoms with Gasteiger partial charge in [-0.3, -0.25) is 4.67 Å². The van der Waals surface area contributed by atoms with Crippen LogP contribution >= 0.6 is 21.2 Å². The summed E-state index contributed by atoms with van der Waals surface area (Å²) in [4.78, 5) is 1.37. The van der Waals surface area contributed by atoms with Crippen molar-refractivity contribution in [3.63, 3.8) is 0 Å². The molecule has 0 spiro atoms. The normalized spacial score (nSPS) is 17.1. The van der Waals surface area contributed by atoms with E-state index >= 15 is 0 Å². The van der Waals surface area contributed by atoms with Gasteiger partial charge < -0.3 is 0 Å². The molecule has 1 aromatic carbocycles. The van der Waals surface area contributed by atoms with E-state index in [-0.39, 0.29) is 0 Å². The lowest BCUT2D eigenvalue weighted by Crippen LogP contribution is -2.21. The third kappa shape index (κ3) is 2.07. The summed E-state index contributed by atoms with van der Waals surface area (Å²) >= 11 is 1.82. The van der Waals surface area contributed by atoms with Crippen LogP contribution in [0, 0.1) is 0 Å². The van der Waals surface area contributed by atoms with Gasteiger partial charge in [-0.15, -0.1) is 11.8 Å². The van der Waals surface area contributed by atoms with Crippen LogP contribution < -0.4 is 0 Å². The molecule has 1 aliphatic rings. The molecule has 0 aromatic heterocycles. The molecule has 3 heteroatoms. The van der Waals surface area contributed by atoms with Crippen molar-refractivity contribution in [3.8, 4) is 0 Å². The summed E-state index contributed by atoms with van der Waals surface area (Å²) in [5.74, 6) is 0. The van der Waals surface area contributed by atoms with E-state index in [0.29, 0.717) is 0 Å². The fraction of sp³-hybridized carbons (Fsp3) is 0.400. The van der Waals surface area contributed by atoms with E-state index in [4.69, 9.17) is 0 Å². The van der Waals surface area contributed by atoms with Crippen molar-refractivity contribution in [2.75, 3.05) is 12.8 Å². The fourth-order valence-electron chi connectivity index (χ4n) is 1.68. The molecule has 0 N–H and O–H groups in total. The van der Waals surface area contributed by atoms with E-state index in [9.17, 15) is 0 Å². The maximum absolute atomic E-state index is 2.79. The average molecular weight is 211 g/mol. The third-order valence-electron chi connectivity index (χ3n) is 2.46. The molecule has 0 radical (unpaired) electrons. The van der Waals surface area contributed by atoms with Crippen LogP contribution in [0.5, 0.6) is 0 Å². The van der Waals surface area contributed by atoms with Gasteiger partial charge in [0.2, 0.25) is 0 Å². The minimum absolute atomic E-state index is 1.08. The van der Waals surface area contributed by atoms with Crippen molar-refractivity contribution in [2.45, 2.75) is 17.9 Å². The number of thioether (sulfide) groups is 1. The van der Waals surface area contributed by atoms with E-state index in [0.717, 1.165) is 13.1 Å². The fourth-order valence-corrected chi connectivity index (χ4v) is 2.47. The quantitative estimate of drug-likeness (QED) is 0.519. The van der Waals surface area contributed by atoms with E-state index < -0.39 is 0 Å². The Hall–Kier alpha value is -0.0400. The van der Waals surface area contributed by atoms with Crippen LogP contribution in [0.1, 0.15) is 11.1 Å². The predicted octanol–water partition coefficient (Wildman–Crippen LogP) is 2.56. The zero-order valence-electron chi connectivity index (χ0n) is 7.79. The van der Waals surface area contributed by atoms with E-state index in [1.54, 1.807) is 0 Å². The highest BCUT2D eigenvalue weighted by molar-refractivity contribution is 7.98. The second-order valence-electron chi connectivity index (χ2n) is 3.36. The molecule has 13 heavy (non-hydrogen) atoms. The Labute approximate surface area is 86.2 Å². The Bertz CT molecular complexity index is 314. The van der Waals surface area contributed by atoms with Gasteiger partial charge in [0.25, 0.3) is 0 Å². The highest BCUT2D eigenvalue weighted by Gasteiger charge is 2.12. The summed E-state index contributed by atoms with van der Waals surface area (Å²) in [5, 5.41) is 0. The van der Waals surface area contributed by atoms with Crippen molar-refractivity contribution in [1.29, 1.82) is 0 Å². The number of nitrogens with zero attached hydrogens (tertiary/aromatic N) is 1. The lowest BCUT2D eigenvalue weighted by Gasteiger charge is -2.24. The van der Waals surface area contributed by atoms with E-state index in [1.165, 1.54) is 22.4 Å². The number of benzene rings is 1. The summed E-state index contributed by atoms with van der Waals surface area (Å²) in [5.41, 5.74) is 3.02. The van der Waals surface area contributed by atoms with Gasteiger partial charge in [-0.1, -0.05) is 15.5 Å². The Morgan fingerprint density at radius 1 is 1.38 bits per heavy atom. The molecule has 2 rings (SSSR count). The molecule has 0 fully saturated rings. The molecule has 0 saturated heterocycles. The molecule has 1 heterocycles. The molecule has 0 bridgehead atoms. The zero-order chi connectivity index (χ0) is 9.26. The van der Waals surface area contributed by atoms with Crippen molar-refractivity contribution >= 4 is 21.2 Å². The topological polar surface area (TPSA) is 3.24 Å². The number of hydrogen-bond donors (Lipinski definition) is 0. The first kappa shape index (κ1) is 9.51. The summed E-state index contributed by atoms with van der Waals surface area (Å²) in [7, 11) is 2.79. The average Bonchev–Trinajstić information content (AvgIpc) is 2.16. The van der Waals surface area contributed by atoms with Crippen molar-refractivity contribution in [2.24, 2.45) is 0 Å². The van der Waals surface area contributed by atoms with Crippen LogP contribution in [0.4, 0.5) is 0 Å². The molecule has 0 amide bonds. The second kappa shape index (κ2) is 4.00. The first-order valence-electron chi connectivity index (χ1n) is 4.45. The van der Waals surface area contributed by atoms with Crippen LogP contribution in [-0.4, -0.2) is 17.5 Å². The monoisotopic (exact) mass is 211 g/mol. The first-order valence-corrected chi connectivity index (χ1v) is 6.19. The number of rotatable bonds is 1. The molecule has 1 aliphatic heterocycles. The second-order valence-corrected chi connectivity index (χ2v) is 4.97. The largest absolute Gasteiger partial charge is 0.283 e. The van der Waals surface area contributed by atoms with Gasteiger partial charge in [0.05, 0.1) is 0 Å². The summed E-state index contributed by atoms with van der Waals surface area (Å²) in [6.45, 7) is 2.24. The maximum Gasteiger partial charge on any atom is 0.0270 e. The Morgan fingerprint density at radius 3 is 3.00 bits per heavy atom. The zero-order valence-corrected chi connectivity index (χ0v) is 9.76. The van der Waals surface area contributed by atoms with Gasteiger partial charge in [0, 0.05) is 18.0 Å². The van der Waals surface area contributed by atoms with E-state index in [2.05, 4.69) is 38.5 Å². The van der Waals surface area contributed by atoms with Crippen LogP contribution in [0.25, 0.3) is 0 Å². The van der Waals surface area contributed by atoms with Crippen LogP contribution in [-0.2, 0) is 13.0 Å². The van der Waals surface area contributed by atoms with Crippen molar-refractivity contribution in [1.82, 2.24) is 4.67 Å². The van der Waals surface area contributed by atoms with Gasteiger partial charge in [-0.2, -0.15) is 0 Å². The molecule has 1 nitrogen and oxygen atoms in total. The number of hydrogen-bond acceptors (Lipinski definition) is 2. The van der Waals surface area contributed by atoms with Crippen LogP contribution in [0.15, 0.2) is 23.1 Å². The molecule has 70 valence electrons. The lowest BCUT2D eigenvalue weighted by atomic mass is 10.0. The van der Waals surface area contributed by atoms with Gasteiger partial charge in [-0.25, -0.2) is 0 Å². The Morgan fingerprint density at radius 2 is 2.23 bits per heavy atom. The van der Waals surface area contributed by atoms with Crippen LogP contribution in [0.2, 0.25) is 0 Å². The van der Waals surface area contributed by atoms with Crippen molar-refractivity contribution in [3.05, 3.63) is 29.3 Å². The van der Waals surface area contributed by atoms with Gasteiger partial charge >= 0.3 is 0 Å². The Balaban J connectivity index is 2.32.